The lowest BCUT2D eigenvalue weighted by atomic mass is 10.3. The molecule has 2 heterocycles. The van der Waals surface area contributed by atoms with Gasteiger partial charge < -0.3 is 9.47 Å². The lowest BCUT2D eigenvalue weighted by Gasteiger charge is -2.02. The van der Waals surface area contributed by atoms with Gasteiger partial charge in [0.1, 0.15) is 18.2 Å². The van der Waals surface area contributed by atoms with Gasteiger partial charge in [0.25, 0.3) is 0 Å². The minimum absolute atomic E-state index is 0.140. The Balaban J connectivity index is 1.77. The molecule has 6 nitrogen and oxygen atoms in total. The molecule has 0 N–H and O–H groups in total. The van der Waals surface area contributed by atoms with Gasteiger partial charge in [0.2, 0.25) is 0 Å². The van der Waals surface area contributed by atoms with Crippen LogP contribution >= 0.6 is 0 Å². The summed E-state index contributed by atoms with van der Waals surface area (Å²) in [5, 5.41) is 4.23. The molecule has 0 atom stereocenters. The van der Waals surface area contributed by atoms with E-state index in [0.29, 0.717) is 22.8 Å². The molecule has 22 heavy (non-hydrogen) atoms. The number of fused-ring (bicyclic) bond motifs is 1. The molecule has 0 aliphatic heterocycles. The molecule has 0 bridgehead atoms. The number of nitrogens with zero attached hydrogens (tertiary/aromatic N) is 3. The number of benzene rings is 1. The fraction of sp³-hybridized carbons (Fsp3) is 0.133. The van der Waals surface area contributed by atoms with Gasteiger partial charge in [0, 0.05) is 6.20 Å². The van der Waals surface area contributed by atoms with E-state index in [4.69, 9.17) is 4.74 Å². The maximum atomic E-state index is 12.8. The van der Waals surface area contributed by atoms with Crippen LogP contribution in [0, 0.1) is 5.82 Å². The molecule has 0 amide bonds. The van der Waals surface area contributed by atoms with Gasteiger partial charge in [0.15, 0.2) is 11.5 Å². The molecule has 0 spiro atoms. The van der Waals surface area contributed by atoms with Gasteiger partial charge in [-0.2, -0.15) is 0 Å². The first-order valence-electron chi connectivity index (χ1n) is 6.48. The predicted octanol–water partition coefficient (Wildman–Crippen LogP) is 2.23. The van der Waals surface area contributed by atoms with E-state index in [1.54, 1.807) is 18.3 Å². The maximum Gasteiger partial charge on any atom is 0.338 e. The smallest absolute Gasteiger partial charge is 0.338 e. The molecule has 0 unspecified atom stereocenters. The van der Waals surface area contributed by atoms with Crippen molar-refractivity contribution in [3.05, 3.63) is 59.8 Å². The van der Waals surface area contributed by atoms with Crippen LogP contribution < -0.4 is 4.74 Å². The largest absolute Gasteiger partial charge is 0.486 e. The zero-order chi connectivity index (χ0) is 15.5. The molecular formula is C15H12FN3O3. The van der Waals surface area contributed by atoms with Crippen LogP contribution in [-0.2, 0) is 11.3 Å². The van der Waals surface area contributed by atoms with Crippen LogP contribution in [-0.4, -0.2) is 27.7 Å². The summed E-state index contributed by atoms with van der Waals surface area (Å²) in [5.74, 6) is 0.213. The second kappa shape index (κ2) is 5.80. The van der Waals surface area contributed by atoms with Crippen molar-refractivity contribution in [3.63, 3.8) is 0 Å². The number of halogens is 1. The highest BCUT2D eigenvalue weighted by Gasteiger charge is 2.09. The van der Waals surface area contributed by atoms with Crippen molar-refractivity contribution in [2.24, 2.45) is 0 Å². The molecular weight excluding hydrogens is 289 g/mol. The minimum Gasteiger partial charge on any atom is -0.486 e. The zero-order valence-corrected chi connectivity index (χ0v) is 11.7. The number of methoxy groups -OCH3 is 1. The Morgan fingerprint density at radius 1 is 1.27 bits per heavy atom. The summed E-state index contributed by atoms with van der Waals surface area (Å²) < 4.78 is 24.5. The molecule has 0 aliphatic carbocycles. The third-order valence-electron chi connectivity index (χ3n) is 2.98. The van der Waals surface area contributed by atoms with Gasteiger partial charge in [-0.25, -0.2) is 18.7 Å². The Morgan fingerprint density at radius 3 is 2.77 bits per heavy atom. The van der Waals surface area contributed by atoms with E-state index < -0.39 is 5.97 Å². The first-order valence-corrected chi connectivity index (χ1v) is 6.48. The van der Waals surface area contributed by atoms with Crippen molar-refractivity contribution in [2.75, 3.05) is 7.11 Å². The van der Waals surface area contributed by atoms with E-state index in [1.807, 2.05) is 0 Å². The van der Waals surface area contributed by atoms with Crippen LogP contribution in [0.25, 0.3) is 5.65 Å². The van der Waals surface area contributed by atoms with Crippen LogP contribution in [0.1, 0.15) is 16.2 Å². The van der Waals surface area contributed by atoms with Crippen molar-refractivity contribution in [3.8, 4) is 5.75 Å². The summed E-state index contributed by atoms with van der Waals surface area (Å²) in [5.41, 5.74) is 0.911. The second-order valence-corrected chi connectivity index (χ2v) is 4.48. The van der Waals surface area contributed by atoms with E-state index in [2.05, 4.69) is 14.8 Å². The quantitative estimate of drug-likeness (QED) is 0.691. The Labute approximate surface area is 125 Å². The van der Waals surface area contributed by atoms with Gasteiger partial charge in [0.05, 0.1) is 12.7 Å². The van der Waals surface area contributed by atoms with Gasteiger partial charge in [-0.05, 0) is 36.4 Å². The summed E-state index contributed by atoms with van der Waals surface area (Å²) >= 11 is 0. The number of hydrogen-bond acceptors (Lipinski definition) is 5. The first-order chi connectivity index (χ1) is 10.7. The highest BCUT2D eigenvalue weighted by molar-refractivity contribution is 5.90. The Hall–Kier alpha value is -2.96. The number of hydrogen-bond donors (Lipinski definition) is 0. The van der Waals surface area contributed by atoms with Crippen LogP contribution in [0.5, 0.6) is 5.75 Å². The van der Waals surface area contributed by atoms with E-state index in [9.17, 15) is 9.18 Å². The van der Waals surface area contributed by atoms with Crippen LogP contribution in [0.4, 0.5) is 4.39 Å². The molecule has 112 valence electrons. The molecule has 0 aliphatic rings. The number of carbonyl (C=O) groups excluding carboxylic acids is 1. The average Bonchev–Trinajstić information content (AvgIpc) is 2.95. The highest BCUT2D eigenvalue weighted by atomic mass is 19.1. The van der Waals surface area contributed by atoms with Crippen molar-refractivity contribution in [2.45, 2.75) is 6.61 Å². The van der Waals surface area contributed by atoms with Crippen molar-refractivity contribution < 1.29 is 18.7 Å². The number of esters is 1. The number of ether oxygens (including phenoxy) is 2. The van der Waals surface area contributed by atoms with E-state index in [1.165, 1.54) is 35.9 Å². The van der Waals surface area contributed by atoms with Crippen molar-refractivity contribution >= 4 is 11.6 Å². The summed E-state index contributed by atoms with van der Waals surface area (Å²) in [4.78, 5) is 15.7. The third kappa shape index (κ3) is 2.88. The molecule has 3 aromatic rings. The summed E-state index contributed by atoms with van der Waals surface area (Å²) in [6, 6.07) is 8.86. The van der Waals surface area contributed by atoms with Crippen molar-refractivity contribution in [1.29, 1.82) is 0 Å². The molecule has 3 rings (SSSR count). The second-order valence-electron chi connectivity index (χ2n) is 4.48. The molecule has 0 radical (unpaired) electrons. The fourth-order valence-corrected chi connectivity index (χ4v) is 1.91. The highest BCUT2D eigenvalue weighted by Crippen LogP contribution is 2.13. The van der Waals surface area contributed by atoms with Crippen molar-refractivity contribution in [1.82, 2.24) is 14.6 Å². The van der Waals surface area contributed by atoms with E-state index in [-0.39, 0.29) is 12.4 Å². The molecule has 7 heteroatoms. The molecule has 2 aromatic heterocycles. The van der Waals surface area contributed by atoms with Crippen LogP contribution in [0.15, 0.2) is 42.6 Å². The Kier molecular flexibility index (Phi) is 3.69. The third-order valence-corrected chi connectivity index (χ3v) is 2.98. The van der Waals surface area contributed by atoms with Gasteiger partial charge in [-0.15, -0.1) is 5.10 Å². The van der Waals surface area contributed by atoms with E-state index in [0.717, 1.165) is 0 Å². The fourth-order valence-electron chi connectivity index (χ4n) is 1.91. The average molecular weight is 301 g/mol. The Morgan fingerprint density at radius 2 is 2.05 bits per heavy atom. The number of rotatable bonds is 4. The van der Waals surface area contributed by atoms with Crippen LogP contribution in [0.3, 0.4) is 0 Å². The monoisotopic (exact) mass is 301 g/mol. The normalized spacial score (nSPS) is 10.6. The molecule has 0 saturated heterocycles. The maximum absolute atomic E-state index is 12.8. The minimum atomic E-state index is -0.436. The topological polar surface area (TPSA) is 65.7 Å². The lowest BCUT2D eigenvalue weighted by Crippen LogP contribution is -2.02. The number of aromatic nitrogens is 3. The zero-order valence-electron chi connectivity index (χ0n) is 11.7. The summed E-state index contributed by atoms with van der Waals surface area (Å²) in [7, 11) is 1.32. The lowest BCUT2D eigenvalue weighted by molar-refractivity contribution is 0.0600. The first kappa shape index (κ1) is 14.0. The SMILES string of the molecule is COC(=O)c1ccn2nc(COc3ccc(F)cc3)nc2c1. The Bertz CT molecular complexity index is 815. The standard InChI is InChI=1S/C15H12FN3O3/c1-21-15(20)10-6-7-19-14(8-10)17-13(18-19)9-22-12-4-2-11(16)3-5-12/h2-8H,9H2,1H3. The summed E-state index contributed by atoms with van der Waals surface area (Å²) in [6.45, 7) is 0.140. The van der Waals surface area contributed by atoms with Gasteiger partial charge >= 0.3 is 5.97 Å². The number of carbonyl (C=O) groups is 1. The van der Waals surface area contributed by atoms with Gasteiger partial charge in [-0.3, -0.25) is 0 Å². The molecule has 1 aromatic carbocycles. The summed E-state index contributed by atoms with van der Waals surface area (Å²) in [6.07, 6.45) is 1.62. The molecule has 0 fully saturated rings. The van der Waals surface area contributed by atoms with Gasteiger partial charge in [-0.1, -0.05) is 0 Å². The number of pyridine rings is 1. The van der Waals surface area contributed by atoms with Crippen LogP contribution in [0.2, 0.25) is 0 Å². The predicted molar refractivity (Wildman–Crippen MR) is 75.1 cm³/mol. The van der Waals surface area contributed by atoms with E-state index >= 15 is 0 Å². The molecule has 0 saturated carbocycles.